The maximum atomic E-state index is 12.7. The lowest BCUT2D eigenvalue weighted by Gasteiger charge is -2.12. The first-order chi connectivity index (χ1) is 13.2. The largest absolute Gasteiger partial charge is 0.468 e. The number of sulfonamides is 2. The molecule has 0 aliphatic rings. The lowest BCUT2D eigenvalue weighted by molar-refractivity contribution is 0.498. The Morgan fingerprint density at radius 1 is 0.964 bits per heavy atom. The zero-order valence-corrected chi connectivity index (χ0v) is 17.1. The van der Waals surface area contributed by atoms with Gasteiger partial charge in [0.1, 0.15) is 5.76 Å². The van der Waals surface area contributed by atoms with Crippen molar-refractivity contribution in [2.24, 2.45) is 0 Å². The molecule has 0 bridgehead atoms. The van der Waals surface area contributed by atoms with Gasteiger partial charge in [0.25, 0.3) is 10.0 Å². The first-order valence-corrected chi connectivity index (χ1v) is 11.4. The molecule has 7 nitrogen and oxygen atoms in total. The SMILES string of the molecule is Cc1ccc(Cl)cc1S(=O)(=O)Nc1cccc(S(=O)(=O)NCc2ccco2)c1. The molecule has 0 aliphatic carbocycles. The molecular formula is C18H17ClN2O5S2. The summed E-state index contributed by atoms with van der Waals surface area (Å²) in [6.45, 7) is 1.62. The molecule has 3 rings (SSSR count). The highest BCUT2D eigenvalue weighted by molar-refractivity contribution is 7.92. The monoisotopic (exact) mass is 440 g/mol. The summed E-state index contributed by atoms with van der Waals surface area (Å²) in [5, 5.41) is 0.282. The summed E-state index contributed by atoms with van der Waals surface area (Å²) in [6, 6.07) is 13.3. The van der Waals surface area contributed by atoms with Crippen LogP contribution >= 0.6 is 11.6 Å². The highest BCUT2D eigenvalue weighted by Gasteiger charge is 2.20. The van der Waals surface area contributed by atoms with Gasteiger partial charge in [0.15, 0.2) is 0 Å². The number of anilines is 1. The van der Waals surface area contributed by atoms with Crippen molar-refractivity contribution in [1.82, 2.24) is 4.72 Å². The minimum absolute atomic E-state index is 0.0178. The molecule has 3 aromatic rings. The van der Waals surface area contributed by atoms with E-state index in [4.69, 9.17) is 16.0 Å². The van der Waals surface area contributed by atoms with E-state index in [1.807, 2.05) is 0 Å². The third-order valence-corrected chi connectivity index (χ3v) is 7.01. The third-order valence-electron chi connectivity index (χ3n) is 3.85. The van der Waals surface area contributed by atoms with E-state index < -0.39 is 20.0 Å². The summed E-state index contributed by atoms with van der Waals surface area (Å²) in [5.74, 6) is 0.455. The Balaban J connectivity index is 1.84. The number of benzene rings is 2. The molecule has 10 heteroatoms. The van der Waals surface area contributed by atoms with Crippen LogP contribution in [0.25, 0.3) is 0 Å². The van der Waals surface area contributed by atoms with E-state index in [0.717, 1.165) is 0 Å². The lowest BCUT2D eigenvalue weighted by atomic mass is 10.2. The Morgan fingerprint density at radius 3 is 2.46 bits per heavy atom. The topological polar surface area (TPSA) is 105 Å². The molecule has 0 fully saturated rings. The minimum Gasteiger partial charge on any atom is -0.468 e. The third kappa shape index (κ3) is 4.74. The van der Waals surface area contributed by atoms with Crippen molar-refractivity contribution in [3.05, 3.63) is 77.2 Å². The lowest BCUT2D eigenvalue weighted by Crippen LogP contribution is -2.23. The molecule has 1 heterocycles. The molecule has 1 aromatic heterocycles. The summed E-state index contributed by atoms with van der Waals surface area (Å²) in [7, 11) is -7.80. The second-order valence-electron chi connectivity index (χ2n) is 5.95. The van der Waals surface area contributed by atoms with Gasteiger partial charge in [-0.15, -0.1) is 0 Å². The number of rotatable bonds is 7. The van der Waals surface area contributed by atoms with Crippen LogP contribution in [0, 0.1) is 6.92 Å². The van der Waals surface area contributed by atoms with Crippen LogP contribution in [0.15, 0.2) is 75.1 Å². The smallest absolute Gasteiger partial charge is 0.262 e. The van der Waals surface area contributed by atoms with Crippen molar-refractivity contribution in [1.29, 1.82) is 0 Å². The van der Waals surface area contributed by atoms with Crippen LogP contribution in [-0.2, 0) is 26.6 Å². The summed E-state index contributed by atoms with van der Waals surface area (Å²) in [6.07, 6.45) is 1.44. The highest BCUT2D eigenvalue weighted by atomic mass is 35.5. The fraction of sp³-hybridized carbons (Fsp3) is 0.111. The van der Waals surface area contributed by atoms with Gasteiger partial charge >= 0.3 is 0 Å². The predicted octanol–water partition coefficient (Wildman–Crippen LogP) is 3.52. The van der Waals surface area contributed by atoms with Crippen LogP contribution in [0.1, 0.15) is 11.3 Å². The summed E-state index contributed by atoms with van der Waals surface area (Å²) < 4.78 is 60.2. The molecule has 0 atom stereocenters. The molecule has 28 heavy (non-hydrogen) atoms. The van der Waals surface area contributed by atoms with Gasteiger partial charge in [-0.2, -0.15) is 0 Å². The van der Waals surface area contributed by atoms with Gasteiger partial charge in [0, 0.05) is 5.02 Å². The van der Waals surface area contributed by atoms with Gasteiger partial charge in [0.2, 0.25) is 10.0 Å². The van der Waals surface area contributed by atoms with E-state index in [1.165, 1.54) is 36.6 Å². The van der Waals surface area contributed by atoms with Crippen molar-refractivity contribution < 1.29 is 21.3 Å². The van der Waals surface area contributed by atoms with E-state index >= 15 is 0 Å². The average molecular weight is 441 g/mol. The Morgan fingerprint density at radius 2 is 1.75 bits per heavy atom. The fourth-order valence-corrected chi connectivity index (χ4v) is 5.06. The second-order valence-corrected chi connectivity index (χ2v) is 9.80. The molecule has 0 amide bonds. The maximum Gasteiger partial charge on any atom is 0.262 e. The zero-order chi connectivity index (χ0) is 20.4. The van der Waals surface area contributed by atoms with Crippen molar-refractivity contribution in [3.63, 3.8) is 0 Å². The Bertz CT molecular complexity index is 1190. The van der Waals surface area contributed by atoms with Crippen LogP contribution in [0.5, 0.6) is 0 Å². The molecule has 2 aromatic carbocycles. The molecule has 0 radical (unpaired) electrons. The van der Waals surface area contributed by atoms with Crippen molar-refractivity contribution in [2.45, 2.75) is 23.3 Å². The minimum atomic E-state index is -3.94. The van der Waals surface area contributed by atoms with Gasteiger partial charge in [0.05, 0.1) is 28.3 Å². The molecular weight excluding hydrogens is 424 g/mol. The number of hydrogen-bond donors (Lipinski definition) is 2. The first-order valence-electron chi connectivity index (χ1n) is 8.08. The van der Waals surface area contributed by atoms with Gasteiger partial charge in [-0.05, 0) is 55.0 Å². The van der Waals surface area contributed by atoms with Gasteiger partial charge < -0.3 is 4.42 Å². The molecule has 0 saturated carbocycles. The molecule has 0 saturated heterocycles. The predicted molar refractivity (Wildman–Crippen MR) is 106 cm³/mol. The van der Waals surface area contributed by atoms with E-state index in [9.17, 15) is 16.8 Å². The van der Waals surface area contributed by atoms with Crippen LogP contribution in [-0.4, -0.2) is 16.8 Å². The number of nitrogens with one attached hydrogen (secondary N) is 2. The molecule has 0 aliphatic heterocycles. The standard InChI is InChI=1S/C18H17ClN2O5S2/c1-13-7-8-14(19)10-18(13)28(24,25)21-15-4-2-6-17(11-15)27(22,23)20-12-16-5-3-9-26-16/h2-11,20-21H,12H2,1H3. The molecule has 148 valence electrons. The van der Waals surface area contributed by atoms with Crippen LogP contribution in [0.3, 0.4) is 0 Å². The maximum absolute atomic E-state index is 12.7. The summed E-state index contributed by atoms with van der Waals surface area (Å²) in [5.41, 5.74) is 0.626. The number of aryl methyl sites for hydroxylation is 1. The van der Waals surface area contributed by atoms with E-state index in [2.05, 4.69) is 9.44 Å². The number of furan rings is 1. The first kappa shape index (κ1) is 20.4. The van der Waals surface area contributed by atoms with Crippen LogP contribution < -0.4 is 9.44 Å². The quantitative estimate of drug-likeness (QED) is 0.584. The normalized spacial score (nSPS) is 12.1. The molecule has 2 N–H and O–H groups in total. The number of hydrogen-bond acceptors (Lipinski definition) is 5. The van der Waals surface area contributed by atoms with Crippen LogP contribution in [0.2, 0.25) is 5.02 Å². The van der Waals surface area contributed by atoms with Gasteiger partial charge in [-0.3, -0.25) is 4.72 Å². The van der Waals surface area contributed by atoms with E-state index in [-0.39, 0.29) is 27.0 Å². The Hall–Kier alpha value is -2.33. The van der Waals surface area contributed by atoms with Gasteiger partial charge in [-0.1, -0.05) is 23.7 Å². The average Bonchev–Trinajstić information content (AvgIpc) is 3.15. The van der Waals surface area contributed by atoms with Gasteiger partial charge in [-0.25, -0.2) is 21.6 Å². The second kappa shape index (κ2) is 7.96. The number of halogens is 1. The fourth-order valence-electron chi connectivity index (χ4n) is 2.46. The summed E-state index contributed by atoms with van der Waals surface area (Å²) in [4.78, 5) is -0.0636. The Labute approximate surface area is 168 Å². The van der Waals surface area contributed by atoms with E-state index in [1.54, 1.807) is 31.2 Å². The highest BCUT2D eigenvalue weighted by Crippen LogP contribution is 2.24. The Kier molecular flexibility index (Phi) is 5.80. The molecule has 0 unspecified atom stereocenters. The van der Waals surface area contributed by atoms with Crippen molar-refractivity contribution in [2.75, 3.05) is 4.72 Å². The van der Waals surface area contributed by atoms with Crippen molar-refractivity contribution >= 4 is 37.3 Å². The van der Waals surface area contributed by atoms with E-state index in [0.29, 0.717) is 11.3 Å². The van der Waals surface area contributed by atoms with Crippen LogP contribution in [0.4, 0.5) is 5.69 Å². The van der Waals surface area contributed by atoms with Crippen molar-refractivity contribution in [3.8, 4) is 0 Å². The summed E-state index contributed by atoms with van der Waals surface area (Å²) >= 11 is 5.90. The molecule has 0 spiro atoms. The zero-order valence-electron chi connectivity index (χ0n) is 14.7.